The van der Waals surface area contributed by atoms with Crippen molar-refractivity contribution in [2.24, 2.45) is 0 Å². The molecule has 28 rings (SSSR count). The molecule has 0 radical (unpaired) electrons. The molecule has 149 heavy (non-hydrogen) atoms. The Morgan fingerprint density at radius 2 is 0.322 bits per heavy atom. The summed E-state index contributed by atoms with van der Waals surface area (Å²) in [5.74, 6) is 0. The van der Waals surface area contributed by atoms with Crippen LogP contribution in [0.4, 0.5) is 0 Å². The molecule has 0 N–H and O–H groups in total. The van der Waals surface area contributed by atoms with Gasteiger partial charge in [-0.2, -0.15) is 0 Å². The van der Waals surface area contributed by atoms with E-state index in [0.29, 0.717) is 0 Å². The molecule has 24 aromatic carbocycles. The maximum Gasteiger partial charge on any atom is 0.0171 e. The first kappa shape index (κ1) is 112. The van der Waals surface area contributed by atoms with Crippen LogP contribution in [0.3, 0.4) is 0 Å². The predicted molar refractivity (Wildman–Crippen MR) is 677 cm³/mol. The minimum absolute atomic E-state index is 0.0352. The van der Waals surface area contributed by atoms with Gasteiger partial charge in [0.05, 0.1) is 0 Å². The van der Waals surface area contributed by atoms with Gasteiger partial charge < -0.3 is 0 Å². The first-order chi connectivity index (χ1) is 72.9. The SMILES string of the molecule is CC.CC.CC.CC.CC.CC.CC.CC.CC.CC.CC.CC1(C)c2c(ccc3cc4ccccc4cc23)-c2c1c1ccccc1c1ccccc21.CC1(C)c2c(ccc3cc4ccccc4cc23)-c2ccc3cc4ccccc4cc3c21.CC1(C)c2cc3cc4ccccc4cc3cc2-c2ccc3cc4ccccc4cc3c21.CC1(C)c2ccc3cc4ccccc4cc3c2-c2ccc3cc4ccccc4cc3c21.CCC. The van der Waals surface area contributed by atoms with Crippen molar-refractivity contribution >= 4 is 172 Å². The minimum Gasteiger partial charge on any atom is -0.0683 e. The van der Waals surface area contributed by atoms with E-state index in [-0.39, 0.29) is 21.7 Å². The van der Waals surface area contributed by atoms with E-state index in [1.165, 1.54) is 268 Å². The van der Waals surface area contributed by atoms with E-state index in [1.807, 2.05) is 152 Å². The number of hydrogen-bond donors (Lipinski definition) is 0. The number of fused-ring (bicyclic) bond motifs is 37. The summed E-state index contributed by atoms with van der Waals surface area (Å²) in [6.07, 6.45) is 1.25. The van der Waals surface area contributed by atoms with Crippen LogP contribution >= 0.6 is 0 Å². The summed E-state index contributed by atoms with van der Waals surface area (Å²) < 4.78 is 0. The molecule has 4 aliphatic carbocycles. The fourth-order valence-electron chi connectivity index (χ4n) is 23.7. The van der Waals surface area contributed by atoms with Gasteiger partial charge in [0, 0.05) is 21.7 Å². The quantitative estimate of drug-likeness (QED) is 0.105. The molecule has 0 unspecified atom stereocenters. The standard InChI is InChI=1S/4C31H22.C3H8.11C2H6/c1-31(2)28-14-12-23-15-19-7-3-5-9-21(19)17-26(23)29(28)25-13-11-24-16-20-8-4-6-10-22(20)18-27(24)30(25)31;1-31(2)29-25(13-11-23-15-19-7-3-5-9-21(19)17-27(23)29)26-14-12-24-16-20-8-4-6-10-22(20)18-28(24)30(26)31;1-31(2)29-26(16-15-21-17-19-9-3-4-10-20(19)18-27(21)29)28-24-13-7-5-11-22(24)23-12-6-8-14-25(23)30(28)31;1-31(2)29-18-25-15-21-9-4-3-8-20(21)14-24(25)17-28(29)26-12-11-23-13-19-7-5-6-10-22(19)16-27(23)30(26)31;1-3-2;11*1-2/h4*3-18H,1-2H3;3H2,1-2H3;11*1-2H3. The Kier molecular flexibility index (Phi) is 36.7. The zero-order valence-corrected chi connectivity index (χ0v) is 95.7. The summed E-state index contributed by atoms with van der Waals surface area (Å²) in [5.41, 5.74) is 22.6. The number of hydrogen-bond acceptors (Lipinski definition) is 0. The Hall–Kier alpha value is -14.6. The molecular weight excluding hydrogens is 1790 g/mol. The van der Waals surface area contributed by atoms with Gasteiger partial charge in [-0.3, -0.25) is 0 Å². The molecule has 4 aliphatic rings. The Balaban J connectivity index is 0.000000154. The van der Waals surface area contributed by atoms with E-state index in [1.54, 1.807) is 0 Å². The molecule has 0 nitrogen and oxygen atoms in total. The maximum absolute atomic E-state index is 2.43. The van der Waals surface area contributed by atoms with Gasteiger partial charge in [-0.1, -0.05) is 519 Å². The zero-order valence-electron chi connectivity index (χ0n) is 95.7. The molecular formula is C149H162. The van der Waals surface area contributed by atoms with Crippen LogP contribution < -0.4 is 0 Å². The molecule has 0 heterocycles. The summed E-state index contributed by atoms with van der Waals surface area (Å²) >= 11 is 0. The van der Waals surface area contributed by atoms with Gasteiger partial charge in [0.25, 0.3) is 0 Å². The van der Waals surface area contributed by atoms with Crippen molar-refractivity contribution in [3.63, 3.8) is 0 Å². The second-order valence-corrected chi connectivity index (χ2v) is 38.4. The molecule has 0 saturated carbocycles. The molecule has 0 aliphatic heterocycles. The van der Waals surface area contributed by atoms with Crippen LogP contribution in [0, 0.1) is 0 Å². The topological polar surface area (TPSA) is 0 Å². The fourth-order valence-corrected chi connectivity index (χ4v) is 23.7. The van der Waals surface area contributed by atoms with Crippen molar-refractivity contribution in [2.75, 3.05) is 0 Å². The molecule has 758 valence electrons. The third kappa shape index (κ3) is 20.1. The molecule has 0 fully saturated rings. The molecule has 24 aromatic rings. The molecule has 0 saturated heterocycles. The normalized spacial score (nSPS) is 12.5. The van der Waals surface area contributed by atoms with Gasteiger partial charge in [0.1, 0.15) is 0 Å². The third-order valence-corrected chi connectivity index (χ3v) is 29.3. The van der Waals surface area contributed by atoms with Crippen molar-refractivity contribution < 1.29 is 0 Å². The molecule has 0 atom stereocenters. The lowest BCUT2D eigenvalue weighted by Crippen LogP contribution is -2.16. The summed E-state index contributed by atoms with van der Waals surface area (Å²) in [5, 5.41) is 42.6. The summed E-state index contributed by atoms with van der Waals surface area (Å²) in [6.45, 7) is 67.4. The highest BCUT2D eigenvalue weighted by Gasteiger charge is 2.43. The van der Waals surface area contributed by atoms with Crippen molar-refractivity contribution in [1.29, 1.82) is 0 Å². The van der Waals surface area contributed by atoms with Crippen LogP contribution in [-0.2, 0) is 21.7 Å². The Morgan fingerprint density at radius 3 is 0.638 bits per heavy atom. The first-order valence-corrected chi connectivity index (χ1v) is 56.6. The second kappa shape index (κ2) is 49.1. The highest BCUT2D eigenvalue weighted by molar-refractivity contribution is 6.21. The van der Waals surface area contributed by atoms with E-state index in [0.717, 1.165) is 0 Å². The zero-order chi connectivity index (χ0) is 108. The van der Waals surface area contributed by atoms with Crippen LogP contribution in [0.15, 0.2) is 388 Å². The van der Waals surface area contributed by atoms with Crippen LogP contribution in [0.2, 0.25) is 0 Å². The van der Waals surface area contributed by atoms with Crippen LogP contribution in [-0.4, -0.2) is 0 Å². The average molecular weight is 1950 g/mol. The lowest BCUT2D eigenvalue weighted by molar-refractivity contribution is 0.667. The van der Waals surface area contributed by atoms with Gasteiger partial charge in [0.2, 0.25) is 0 Å². The summed E-state index contributed by atoms with van der Waals surface area (Å²) in [4.78, 5) is 0. The number of benzene rings is 24. The van der Waals surface area contributed by atoms with Gasteiger partial charge >= 0.3 is 0 Å². The summed E-state index contributed by atoms with van der Waals surface area (Å²) in [6, 6.07) is 145. The largest absolute Gasteiger partial charge is 0.0683 e. The van der Waals surface area contributed by atoms with Crippen molar-refractivity contribution in [3.05, 3.63) is 433 Å². The lowest BCUT2D eigenvalue weighted by Gasteiger charge is -2.25. The highest BCUT2D eigenvalue weighted by atomic mass is 14.5. The maximum atomic E-state index is 2.43. The molecule has 0 bridgehead atoms. The van der Waals surface area contributed by atoms with Gasteiger partial charge in [-0.15, -0.1) is 0 Å². The van der Waals surface area contributed by atoms with Gasteiger partial charge in [-0.25, -0.2) is 0 Å². The fraction of sp³-hybridized carbons (Fsp3) is 0.248. The minimum atomic E-state index is -0.0731. The molecule has 0 amide bonds. The van der Waals surface area contributed by atoms with Crippen LogP contribution in [0.1, 0.15) is 272 Å². The van der Waals surface area contributed by atoms with E-state index in [2.05, 4.69) is 457 Å². The molecule has 0 aromatic heterocycles. The summed E-state index contributed by atoms with van der Waals surface area (Å²) in [7, 11) is 0. The first-order valence-electron chi connectivity index (χ1n) is 56.6. The Morgan fingerprint density at radius 1 is 0.128 bits per heavy atom. The van der Waals surface area contributed by atoms with Crippen molar-refractivity contribution in [1.82, 2.24) is 0 Å². The van der Waals surface area contributed by atoms with Crippen molar-refractivity contribution in [3.8, 4) is 44.5 Å². The molecule has 0 spiro atoms. The van der Waals surface area contributed by atoms with E-state index in [9.17, 15) is 0 Å². The predicted octanol–water partition coefficient (Wildman–Crippen LogP) is 47.1. The Bertz CT molecular complexity index is 8700. The second-order valence-electron chi connectivity index (χ2n) is 38.4. The van der Waals surface area contributed by atoms with Gasteiger partial charge in [0.15, 0.2) is 0 Å². The van der Waals surface area contributed by atoms with E-state index in [4.69, 9.17) is 0 Å². The van der Waals surface area contributed by atoms with E-state index < -0.39 is 0 Å². The average Bonchev–Trinajstić information content (AvgIpc) is 1.55. The lowest BCUT2D eigenvalue weighted by atomic mass is 9.77. The third-order valence-electron chi connectivity index (χ3n) is 29.3. The monoisotopic (exact) mass is 1950 g/mol. The molecule has 0 heteroatoms. The number of rotatable bonds is 0. The van der Waals surface area contributed by atoms with Crippen molar-refractivity contribution in [2.45, 2.75) is 250 Å². The van der Waals surface area contributed by atoms with Gasteiger partial charge in [-0.05, 0) is 358 Å². The smallest absolute Gasteiger partial charge is 0.0171 e. The van der Waals surface area contributed by atoms with Crippen LogP contribution in [0.5, 0.6) is 0 Å². The highest BCUT2D eigenvalue weighted by Crippen LogP contribution is 2.60. The Labute approximate surface area is 892 Å². The van der Waals surface area contributed by atoms with E-state index >= 15 is 0 Å². The van der Waals surface area contributed by atoms with Crippen LogP contribution in [0.25, 0.3) is 217 Å².